The Kier molecular flexibility index (Phi) is 4.43. The zero-order valence-corrected chi connectivity index (χ0v) is 13.2. The molecule has 5 heteroatoms. The van der Waals surface area contributed by atoms with Crippen LogP contribution in [0.4, 0.5) is 5.69 Å². The number of hydrogen-bond acceptors (Lipinski definition) is 2. The molecule has 0 fully saturated rings. The minimum absolute atomic E-state index is 0.226. The third kappa shape index (κ3) is 3.49. The monoisotopic (exact) mass is 347 g/mol. The number of aromatic carboxylic acids is 1. The maximum Gasteiger partial charge on any atom is 0.335 e. The zero-order chi connectivity index (χ0) is 15.6. The average Bonchev–Trinajstić information content (AvgIpc) is 2.41. The second-order valence-corrected chi connectivity index (χ2v) is 5.66. The van der Waals surface area contributed by atoms with Gasteiger partial charge in [-0.3, -0.25) is 4.79 Å². The molecule has 2 N–H and O–H groups in total. The van der Waals surface area contributed by atoms with Gasteiger partial charge in [-0.25, -0.2) is 4.79 Å². The molecule has 0 saturated carbocycles. The molecule has 0 heterocycles. The van der Waals surface area contributed by atoms with Crippen LogP contribution in [0.2, 0.25) is 0 Å². The predicted octanol–water partition coefficient (Wildman–Crippen LogP) is 4.02. The summed E-state index contributed by atoms with van der Waals surface area (Å²) >= 11 is 3.34. The molecule has 4 nitrogen and oxygen atoms in total. The Balaban J connectivity index is 2.26. The van der Waals surface area contributed by atoms with E-state index in [1.54, 1.807) is 25.1 Å². The smallest absolute Gasteiger partial charge is 0.335 e. The van der Waals surface area contributed by atoms with Crippen LogP contribution < -0.4 is 5.32 Å². The first-order valence-electron chi connectivity index (χ1n) is 6.30. The van der Waals surface area contributed by atoms with Crippen molar-refractivity contribution in [3.8, 4) is 0 Å². The van der Waals surface area contributed by atoms with Gasteiger partial charge >= 0.3 is 5.97 Å². The second-order valence-electron chi connectivity index (χ2n) is 4.75. The fraction of sp³-hybridized carbons (Fsp3) is 0.125. The standard InChI is InChI=1S/C16H14BrNO3/c1-9-3-4-11(17)8-14(9)15(19)18-12-5-6-13(16(20)21)10(2)7-12/h3-8H,1-2H3,(H,18,19)(H,20,21). The highest BCUT2D eigenvalue weighted by atomic mass is 79.9. The summed E-state index contributed by atoms with van der Waals surface area (Å²) in [6.45, 7) is 3.56. The minimum atomic E-state index is -0.979. The van der Waals surface area contributed by atoms with Crippen LogP contribution in [-0.4, -0.2) is 17.0 Å². The lowest BCUT2D eigenvalue weighted by Gasteiger charge is -2.10. The van der Waals surface area contributed by atoms with Gasteiger partial charge in [0.05, 0.1) is 5.56 Å². The lowest BCUT2D eigenvalue weighted by molar-refractivity contribution is 0.0696. The molecular weight excluding hydrogens is 334 g/mol. The van der Waals surface area contributed by atoms with Gasteiger partial charge in [-0.2, -0.15) is 0 Å². The highest BCUT2D eigenvalue weighted by molar-refractivity contribution is 9.10. The summed E-state index contributed by atoms with van der Waals surface area (Å²) < 4.78 is 0.829. The van der Waals surface area contributed by atoms with E-state index in [1.807, 2.05) is 19.1 Å². The van der Waals surface area contributed by atoms with Crippen LogP contribution in [0.3, 0.4) is 0 Å². The van der Waals surface area contributed by atoms with Crippen molar-refractivity contribution in [2.45, 2.75) is 13.8 Å². The quantitative estimate of drug-likeness (QED) is 0.881. The minimum Gasteiger partial charge on any atom is -0.478 e. The number of amides is 1. The Morgan fingerprint density at radius 3 is 2.33 bits per heavy atom. The molecule has 0 aliphatic rings. The molecule has 0 saturated heterocycles. The largest absolute Gasteiger partial charge is 0.478 e. The van der Waals surface area contributed by atoms with E-state index in [0.717, 1.165) is 10.0 Å². The third-order valence-electron chi connectivity index (χ3n) is 3.16. The Hall–Kier alpha value is -2.14. The topological polar surface area (TPSA) is 66.4 Å². The summed E-state index contributed by atoms with van der Waals surface area (Å²) in [5.41, 5.74) is 2.85. The van der Waals surface area contributed by atoms with Crippen molar-refractivity contribution < 1.29 is 14.7 Å². The van der Waals surface area contributed by atoms with Crippen LogP contribution in [0.5, 0.6) is 0 Å². The maximum atomic E-state index is 12.3. The van der Waals surface area contributed by atoms with Crippen molar-refractivity contribution in [2.75, 3.05) is 5.32 Å². The normalized spacial score (nSPS) is 10.2. The molecule has 0 spiro atoms. The summed E-state index contributed by atoms with van der Waals surface area (Å²) in [4.78, 5) is 23.2. The van der Waals surface area contributed by atoms with Crippen molar-refractivity contribution in [3.63, 3.8) is 0 Å². The van der Waals surface area contributed by atoms with Gasteiger partial charge in [0.15, 0.2) is 0 Å². The summed E-state index contributed by atoms with van der Waals surface area (Å²) in [6, 6.07) is 10.2. The first kappa shape index (κ1) is 15.3. The van der Waals surface area contributed by atoms with Gasteiger partial charge in [-0.05, 0) is 55.3 Å². The van der Waals surface area contributed by atoms with Crippen molar-refractivity contribution in [1.82, 2.24) is 0 Å². The number of anilines is 1. The molecule has 108 valence electrons. The first-order valence-corrected chi connectivity index (χ1v) is 7.09. The lowest BCUT2D eigenvalue weighted by Crippen LogP contribution is -2.14. The molecule has 2 aromatic rings. The van der Waals surface area contributed by atoms with E-state index in [-0.39, 0.29) is 11.5 Å². The molecular formula is C16H14BrNO3. The molecule has 0 bridgehead atoms. The van der Waals surface area contributed by atoms with Crippen LogP contribution in [0.1, 0.15) is 31.8 Å². The Morgan fingerprint density at radius 2 is 1.71 bits per heavy atom. The fourth-order valence-corrected chi connectivity index (χ4v) is 2.38. The number of hydrogen-bond donors (Lipinski definition) is 2. The third-order valence-corrected chi connectivity index (χ3v) is 3.65. The number of halogens is 1. The van der Waals surface area contributed by atoms with E-state index in [0.29, 0.717) is 16.8 Å². The van der Waals surface area contributed by atoms with Crippen LogP contribution >= 0.6 is 15.9 Å². The number of carbonyl (C=O) groups is 2. The van der Waals surface area contributed by atoms with E-state index in [2.05, 4.69) is 21.2 Å². The number of carboxylic acid groups (broad SMARTS) is 1. The van der Waals surface area contributed by atoms with Gasteiger partial charge in [0.1, 0.15) is 0 Å². The Morgan fingerprint density at radius 1 is 1.00 bits per heavy atom. The number of aryl methyl sites for hydroxylation is 2. The van der Waals surface area contributed by atoms with Crippen LogP contribution in [0.15, 0.2) is 40.9 Å². The molecule has 1 amide bonds. The van der Waals surface area contributed by atoms with Gasteiger partial charge in [-0.15, -0.1) is 0 Å². The van der Waals surface area contributed by atoms with Crippen LogP contribution in [0.25, 0.3) is 0 Å². The van der Waals surface area contributed by atoms with E-state index < -0.39 is 5.97 Å². The predicted molar refractivity (Wildman–Crippen MR) is 85.0 cm³/mol. The number of carbonyl (C=O) groups excluding carboxylic acids is 1. The molecule has 0 aromatic heterocycles. The number of rotatable bonds is 3. The summed E-state index contributed by atoms with van der Waals surface area (Å²) in [5, 5.41) is 11.8. The Bertz CT molecular complexity index is 725. The highest BCUT2D eigenvalue weighted by Crippen LogP contribution is 2.19. The number of carboxylic acids is 1. The Labute approximate surface area is 130 Å². The van der Waals surface area contributed by atoms with Crippen molar-refractivity contribution in [1.29, 1.82) is 0 Å². The molecule has 0 atom stereocenters. The summed E-state index contributed by atoms with van der Waals surface area (Å²) in [6.07, 6.45) is 0. The molecule has 0 aliphatic heterocycles. The van der Waals surface area contributed by atoms with Crippen molar-refractivity contribution in [3.05, 3.63) is 63.1 Å². The van der Waals surface area contributed by atoms with Crippen LogP contribution in [-0.2, 0) is 0 Å². The summed E-state index contributed by atoms with van der Waals surface area (Å²) in [5.74, 6) is -1.20. The average molecular weight is 348 g/mol. The summed E-state index contributed by atoms with van der Waals surface area (Å²) in [7, 11) is 0. The van der Waals surface area contributed by atoms with Crippen LogP contribution in [0, 0.1) is 13.8 Å². The molecule has 2 aromatic carbocycles. The molecule has 0 unspecified atom stereocenters. The molecule has 21 heavy (non-hydrogen) atoms. The highest BCUT2D eigenvalue weighted by Gasteiger charge is 2.12. The van der Waals surface area contributed by atoms with Crippen molar-refractivity contribution in [2.24, 2.45) is 0 Å². The van der Waals surface area contributed by atoms with Gasteiger partial charge in [-0.1, -0.05) is 22.0 Å². The molecule has 0 radical (unpaired) electrons. The first-order chi connectivity index (χ1) is 9.88. The van der Waals surface area contributed by atoms with E-state index in [4.69, 9.17) is 5.11 Å². The number of nitrogens with one attached hydrogen (secondary N) is 1. The van der Waals surface area contributed by atoms with Gasteiger partial charge in [0.25, 0.3) is 5.91 Å². The van der Waals surface area contributed by atoms with E-state index >= 15 is 0 Å². The molecule has 2 rings (SSSR count). The van der Waals surface area contributed by atoms with E-state index in [1.165, 1.54) is 6.07 Å². The van der Waals surface area contributed by atoms with Gasteiger partial charge in [0.2, 0.25) is 0 Å². The van der Waals surface area contributed by atoms with Crippen molar-refractivity contribution >= 4 is 33.5 Å². The van der Waals surface area contributed by atoms with Gasteiger partial charge in [0, 0.05) is 15.7 Å². The number of benzene rings is 2. The van der Waals surface area contributed by atoms with E-state index in [9.17, 15) is 9.59 Å². The zero-order valence-electron chi connectivity index (χ0n) is 11.6. The SMILES string of the molecule is Cc1cc(NC(=O)c2cc(Br)ccc2C)ccc1C(=O)O. The fourth-order valence-electron chi connectivity index (χ4n) is 2.02. The maximum absolute atomic E-state index is 12.3. The second kappa shape index (κ2) is 6.10. The molecule has 0 aliphatic carbocycles. The lowest BCUT2D eigenvalue weighted by atomic mass is 10.1. The van der Waals surface area contributed by atoms with Gasteiger partial charge < -0.3 is 10.4 Å².